The molecule has 0 spiro atoms. The maximum Gasteiger partial charge on any atom is 0.119 e. The SMILES string of the molecule is CCCCCCCCCCOc1ccc(-c2ccc(CCCOCCCCCCCC)cn2)cc1. The summed E-state index contributed by atoms with van der Waals surface area (Å²) in [5.74, 6) is 0.953. The Morgan fingerprint density at radius 3 is 1.74 bits per heavy atom. The number of rotatable bonds is 22. The van der Waals surface area contributed by atoms with Crippen molar-refractivity contribution < 1.29 is 9.47 Å². The van der Waals surface area contributed by atoms with Crippen molar-refractivity contribution in [2.75, 3.05) is 19.8 Å². The van der Waals surface area contributed by atoms with Crippen molar-refractivity contribution in [2.45, 2.75) is 117 Å². The number of nitrogens with zero attached hydrogens (tertiary/aromatic N) is 1. The van der Waals surface area contributed by atoms with Crippen molar-refractivity contribution in [3.05, 3.63) is 48.2 Å². The first kappa shape index (κ1) is 29.4. The minimum Gasteiger partial charge on any atom is -0.494 e. The van der Waals surface area contributed by atoms with Crippen LogP contribution in [0.1, 0.15) is 116 Å². The van der Waals surface area contributed by atoms with Gasteiger partial charge in [-0.25, -0.2) is 0 Å². The highest BCUT2D eigenvalue weighted by Crippen LogP contribution is 2.21. The first-order valence-electron chi connectivity index (χ1n) is 14.6. The molecule has 1 aromatic carbocycles. The molecule has 0 aliphatic rings. The molecule has 3 nitrogen and oxygen atoms in total. The van der Waals surface area contributed by atoms with Gasteiger partial charge in [0.05, 0.1) is 12.3 Å². The number of aryl methyl sites for hydroxylation is 1. The summed E-state index contributed by atoms with van der Waals surface area (Å²) in [6.45, 7) is 7.09. The lowest BCUT2D eigenvalue weighted by Crippen LogP contribution is -1.99. The van der Waals surface area contributed by atoms with E-state index in [1.165, 1.54) is 89.0 Å². The molecule has 35 heavy (non-hydrogen) atoms. The van der Waals surface area contributed by atoms with Crippen LogP contribution in [0.15, 0.2) is 42.6 Å². The van der Waals surface area contributed by atoms with E-state index < -0.39 is 0 Å². The van der Waals surface area contributed by atoms with Crippen LogP contribution in [0.5, 0.6) is 5.75 Å². The van der Waals surface area contributed by atoms with Gasteiger partial charge in [0.1, 0.15) is 5.75 Å². The number of ether oxygens (including phenoxy) is 2. The van der Waals surface area contributed by atoms with E-state index >= 15 is 0 Å². The van der Waals surface area contributed by atoms with Gasteiger partial charge in [0.15, 0.2) is 0 Å². The topological polar surface area (TPSA) is 31.4 Å². The van der Waals surface area contributed by atoms with Gasteiger partial charge >= 0.3 is 0 Å². The zero-order valence-electron chi connectivity index (χ0n) is 22.7. The summed E-state index contributed by atoms with van der Waals surface area (Å²) in [7, 11) is 0. The van der Waals surface area contributed by atoms with Crippen LogP contribution in [-0.4, -0.2) is 24.8 Å². The fourth-order valence-corrected chi connectivity index (χ4v) is 4.36. The lowest BCUT2D eigenvalue weighted by atomic mass is 10.1. The van der Waals surface area contributed by atoms with Gasteiger partial charge in [0, 0.05) is 25.0 Å². The quantitative estimate of drug-likeness (QED) is 0.157. The Hall–Kier alpha value is -1.87. The molecule has 0 amide bonds. The van der Waals surface area contributed by atoms with Crippen molar-refractivity contribution in [3.8, 4) is 17.0 Å². The highest BCUT2D eigenvalue weighted by Gasteiger charge is 2.02. The number of hydrogen-bond acceptors (Lipinski definition) is 3. The molecule has 0 fully saturated rings. The van der Waals surface area contributed by atoms with Gasteiger partial charge < -0.3 is 9.47 Å². The molecule has 0 atom stereocenters. The average Bonchev–Trinajstić information content (AvgIpc) is 2.89. The first-order chi connectivity index (χ1) is 17.3. The smallest absolute Gasteiger partial charge is 0.119 e. The molecule has 0 bridgehead atoms. The largest absolute Gasteiger partial charge is 0.494 e. The summed E-state index contributed by atoms with van der Waals surface area (Å²) in [5, 5.41) is 0. The summed E-state index contributed by atoms with van der Waals surface area (Å²) >= 11 is 0. The molecule has 2 rings (SSSR count). The van der Waals surface area contributed by atoms with Gasteiger partial charge in [-0.15, -0.1) is 0 Å². The van der Waals surface area contributed by atoms with E-state index in [-0.39, 0.29) is 0 Å². The summed E-state index contributed by atoms with van der Waals surface area (Å²) in [6, 6.07) is 12.7. The van der Waals surface area contributed by atoms with Gasteiger partial charge in [0.25, 0.3) is 0 Å². The van der Waals surface area contributed by atoms with Crippen LogP contribution < -0.4 is 4.74 Å². The molecule has 1 heterocycles. The molecule has 0 N–H and O–H groups in total. The molecule has 0 aliphatic heterocycles. The Morgan fingerprint density at radius 2 is 1.14 bits per heavy atom. The minimum absolute atomic E-state index is 0.809. The predicted molar refractivity (Wildman–Crippen MR) is 150 cm³/mol. The standard InChI is InChI=1S/C32H51NO2/c1-3-5-7-9-11-12-14-16-27-35-31-22-20-30(21-23-31)32-24-19-29(28-33-32)18-17-26-34-25-15-13-10-8-6-4-2/h19-24,28H,3-18,25-27H2,1-2H3. The highest BCUT2D eigenvalue weighted by atomic mass is 16.5. The minimum atomic E-state index is 0.809. The third kappa shape index (κ3) is 14.3. The van der Waals surface area contributed by atoms with Gasteiger partial charge in [-0.05, 0) is 61.6 Å². The zero-order valence-corrected chi connectivity index (χ0v) is 22.7. The van der Waals surface area contributed by atoms with Crippen molar-refractivity contribution >= 4 is 0 Å². The Labute approximate surface area is 216 Å². The number of aromatic nitrogens is 1. The fraction of sp³-hybridized carbons (Fsp3) is 0.656. The van der Waals surface area contributed by atoms with Crippen LogP contribution in [0.2, 0.25) is 0 Å². The van der Waals surface area contributed by atoms with E-state index in [4.69, 9.17) is 9.47 Å². The summed E-state index contributed by atoms with van der Waals surface area (Å²) < 4.78 is 11.7. The van der Waals surface area contributed by atoms with Gasteiger partial charge in [-0.2, -0.15) is 0 Å². The molecule has 0 radical (unpaired) electrons. The second-order valence-corrected chi connectivity index (χ2v) is 9.88. The fourth-order valence-electron chi connectivity index (χ4n) is 4.36. The molecule has 0 saturated heterocycles. The van der Waals surface area contributed by atoms with E-state index in [2.05, 4.69) is 55.2 Å². The zero-order chi connectivity index (χ0) is 24.8. The molecular weight excluding hydrogens is 430 g/mol. The molecule has 0 saturated carbocycles. The van der Waals surface area contributed by atoms with Crippen molar-refractivity contribution in [2.24, 2.45) is 0 Å². The van der Waals surface area contributed by atoms with Crippen LogP contribution in [0.25, 0.3) is 11.3 Å². The lowest BCUT2D eigenvalue weighted by molar-refractivity contribution is 0.127. The summed E-state index contributed by atoms with van der Waals surface area (Å²) in [5.41, 5.74) is 3.43. The van der Waals surface area contributed by atoms with Crippen molar-refractivity contribution in [3.63, 3.8) is 0 Å². The normalized spacial score (nSPS) is 11.1. The van der Waals surface area contributed by atoms with Crippen LogP contribution in [0.4, 0.5) is 0 Å². The predicted octanol–water partition coefficient (Wildman–Crippen LogP) is 9.58. The van der Waals surface area contributed by atoms with Crippen LogP contribution in [0.3, 0.4) is 0 Å². The third-order valence-corrected chi connectivity index (χ3v) is 6.64. The van der Waals surface area contributed by atoms with Crippen molar-refractivity contribution in [1.82, 2.24) is 4.98 Å². The Morgan fingerprint density at radius 1 is 0.571 bits per heavy atom. The molecule has 196 valence electrons. The van der Waals surface area contributed by atoms with Crippen molar-refractivity contribution in [1.29, 1.82) is 0 Å². The molecular formula is C32H51NO2. The van der Waals surface area contributed by atoms with Crippen LogP contribution >= 0.6 is 0 Å². The number of unbranched alkanes of at least 4 members (excludes halogenated alkanes) is 12. The second kappa shape index (κ2) is 20.3. The summed E-state index contributed by atoms with van der Waals surface area (Å²) in [6.07, 6.45) is 22.6. The third-order valence-electron chi connectivity index (χ3n) is 6.64. The van der Waals surface area contributed by atoms with E-state index in [1.54, 1.807) is 0 Å². The first-order valence-corrected chi connectivity index (χ1v) is 14.6. The van der Waals surface area contributed by atoms with Gasteiger partial charge in [-0.3, -0.25) is 4.98 Å². The maximum absolute atomic E-state index is 5.93. The van der Waals surface area contributed by atoms with E-state index in [1.807, 2.05) is 6.20 Å². The van der Waals surface area contributed by atoms with Gasteiger partial charge in [0.2, 0.25) is 0 Å². The Kier molecular flexibility index (Phi) is 17.1. The van der Waals surface area contributed by atoms with E-state index in [9.17, 15) is 0 Å². The highest BCUT2D eigenvalue weighted by molar-refractivity contribution is 5.60. The number of hydrogen-bond donors (Lipinski definition) is 0. The Bertz CT molecular complexity index is 726. The lowest BCUT2D eigenvalue weighted by Gasteiger charge is -2.08. The molecule has 3 heteroatoms. The van der Waals surface area contributed by atoms with Crippen LogP contribution in [0, 0.1) is 0 Å². The molecule has 0 aliphatic carbocycles. The van der Waals surface area contributed by atoms with E-state index in [0.29, 0.717) is 0 Å². The summed E-state index contributed by atoms with van der Waals surface area (Å²) in [4.78, 5) is 4.68. The average molecular weight is 482 g/mol. The van der Waals surface area contributed by atoms with Gasteiger partial charge in [-0.1, -0.05) is 97.0 Å². The Balaban J connectivity index is 1.55. The molecule has 0 unspecified atom stereocenters. The van der Waals surface area contributed by atoms with E-state index in [0.717, 1.165) is 56.1 Å². The number of pyridine rings is 1. The maximum atomic E-state index is 5.93. The molecule has 2 aromatic rings. The molecule has 1 aromatic heterocycles. The number of benzene rings is 1. The second-order valence-electron chi connectivity index (χ2n) is 9.88. The van der Waals surface area contributed by atoms with Crippen LogP contribution in [-0.2, 0) is 11.2 Å². The monoisotopic (exact) mass is 481 g/mol.